The molecule has 0 saturated heterocycles. The van der Waals surface area contributed by atoms with E-state index in [0.717, 1.165) is 0 Å². The van der Waals surface area contributed by atoms with E-state index in [-0.39, 0.29) is 11.4 Å². The van der Waals surface area contributed by atoms with Crippen LogP contribution < -0.4 is 0 Å². The van der Waals surface area contributed by atoms with Crippen LogP contribution in [0.2, 0.25) is 0 Å². The van der Waals surface area contributed by atoms with Gasteiger partial charge in [0.1, 0.15) is 5.60 Å². The fraction of sp³-hybridized carbons (Fsp3) is 0.700. The van der Waals surface area contributed by atoms with Crippen LogP contribution in [0.5, 0.6) is 0 Å². The SMILES string of the molecule is C=CC(=O)OC(C)(C)C(C)(C)C. The minimum Gasteiger partial charge on any atom is -0.456 e. The first-order valence-corrected chi connectivity index (χ1v) is 4.06. The van der Waals surface area contributed by atoms with Gasteiger partial charge in [-0.25, -0.2) is 4.79 Å². The molecule has 0 rings (SSSR count). The lowest BCUT2D eigenvalue weighted by molar-refractivity contribution is -0.160. The van der Waals surface area contributed by atoms with Gasteiger partial charge in [0.15, 0.2) is 0 Å². The Kier molecular flexibility index (Phi) is 3.08. The van der Waals surface area contributed by atoms with E-state index < -0.39 is 5.60 Å². The molecule has 0 bridgehead atoms. The molecule has 0 aliphatic carbocycles. The molecule has 0 aliphatic rings. The molecule has 0 atom stereocenters. The summed E-state index contributed by atoms with van der Waals surface area (Å²) in [5.74, 6) is -0.366. The number of esters is 1. The first-order valence-electron chi connectivity index (χ1n) is 4.06. The summed E-state index contributed by atoms with van der Waals surface area (Å²) in [6, 6.07) is 0. The van der Waals surface area contributed by atoms with Gasteiger partial charge in [0.25, 0.3) is 0 Å². The molecule has 0 radical (unpaired) electrons. The van der Waals surface area contributed by atoms with Crippen molar-refractivity contribution in [3.63, 3.8) is 0 Å². The average Bonchev–Trinajstić information content (AvgIpc) is 1.84. The highest BCUT2D eigenvalue weighted by atomic mass is 16.6. The first kappa shape index (κ1) is 11.2. The second kappa shape index (κ2) is 3.30. The molecule has 0 unspecified atom stereocenters. The Labute approximate surface area is 74.6 Å². The van der Waals surface area contributed by atoms with E-state index in [1.165, 1.54) is 6.08 Å². The number of hydrogen-bond donors (Lipinski definition) is 0. The Morgan fingerprint density at radius 3 is 1.92 bits per heavy atom. The van der Waals surface area contributed by atoms with E-state index in [0.29, 0.717) is 0 Å². The van der Waals surface area contributed by atoms with Crippen LogP contribution in [0, 0.1) is 5.41 Å². The van der Waals surface area contributed by atoms with Crippen LogP contribution >= 0.6 is 0 Å². The minimum absolute atomic E-state index is 0.0638. The smallest absolute Gasteiger partial charge is 0.330 e. The van der Waals surface area contributed by atoms with Crippen LogP contribution in [0.15, 0.2) is 12.7 Å². The fourth-order valence-electron chi connectivity index (χ4n) is 0.446. The molecule has 0 saturated carbocycles. The van der Waals surface area contributed by atoms with Crippen molar-refractivity contribution in [3.05, 3.63) is 12.7 Å². The first-order chi connectivity index (χ1) is 5.20. The van der Waals surface area contributed by atoms with Crippen molar-refractivity contribution in [1.29, 1.82) is 0 Å². The summed E-state index contributed by atoms with van der Waals surface area (Å²) >= 11 is 0. The molecule has 0 aliphatic heterocycles. The molecule has 0 heterocycles. The van der Waals surface area contributed by atoms with Gasteiger partial charge < -0.3 is 4.74 Å². The molecular weight excluding hydrogens is 152 g/mol. The molecule has 70 valence electrons. The van der Waals surface area contributed by atoms with Crippen molar-refractivity contribution in [1.82, 2.24) is 0 Å². The summed E-state index contributed by atoms with van der Waals surface area (Å²) < 4.78 is 5.19. The van der Waals surface area contributed by atoms with Gasteiger partial charge in [-0.3, -0.25) is 0 Å². The standard InChI is InChI=1S/C10H18O2/c1-7-8(11)12-10(5,6)9(2,3)4/h7H,1H2,2-6H3. The Morgan fingerprint density at radius 1 is 1.25 bits per heavy atom. The highest BCUT2D eigenvalue weighted by molar-refractivity contribution is 5.81. The van der Waals surface area contributed by atoms with Crippen LogP contribution in [0.4, 0.5) is 0 Å². The molecule has 0 aromatic carbocycles. The number of rotatable bonds is 2. The minimum atomic E-state index is -0.460. The van der Waals surface area contributed by atoms with Crippen molar-refractivity contribution in [3.8, 4) is 0 Å². The Balaban J connectivity index is 4.43. The summed E-state index contributed by atoms with van der Waals surface area (Å²) in [6.45, 7) is 13.2. The molecule has 0 aromatic heterocycles. The quantitative estimate of drug-likeness (QED) is 0.470. The van der Waals surface area contributed by atoms with Crippen LogP contribution in [0.25, 0.3) is 0 Å². The Morgan fingerprint density at radius 2 is 1.67 bits per heavy atom. The van der Waals surface area contributed by atoms with Gasteiger partial charge in [-0.15, -0.1) is 0 Å². The summed E-state index contributed by atoms with van der Waals surface area (Å²) in [6.07, 6.45) is 1.19. The third kappa shape index (κ3) is 2.68. The zero-order valence-corrected chi connectivity index (χ0v) is 8.60. The Hall–Kier alpha value is -0.790. The number of hydrogen-bond acceptors (Lipinski definition) is 2. The second-order valence-corrected chi connectivity index (χ2v) is 4.39. The van der Waals surface area contributed by atoms with Crippen molar-refractivity contribution in [2.75, 3.05) is 0 Å². The Bertz CT molecular complexity index is 185. The highest BCUT2D eigenvalue weighted by Crippen LogP contribution is 2.32. The van der Waals surface area contributed by atoms with Crippen molar-refractivity contribution >= 4 is 5.97 Å². The topological polar surface area (TPSA) is 26.3 Å². The van der Waals surface area contributed by atoms with Gasteiger partial charge in [0.2, 0.25) is 0 Å². The number of carbonyl (C=O) groups is 1. The monoisotopic (exact) mass is 170 g/mol. The summed E-state index contributed by atoms with van der Waals surface area (Å²) in [4.78, 5) is 10.9. The van der Waals surface area contributed by atoms with E-state index in [2.05, 4.69) is 6.58 Å². The molecule has 0 N–H and O–H groups in total. The molecular formula is C10H18O2. The molecule has 0 spiro atoms. The van der Waals surface area contributed by atoms with E-state index >= 15 is 0 Å². The molecule has 0 fully saturated rings. The lowest BCUT2D eigenvalue weighted by atomic mass is 9.79. The number of ether oxygens (including phenoxy) is 1. The molecule has 0 aromatic rings. The third-order valence-corrected chi connectivity index (χ3v) is 2.33. The third-order valence-electron chi connectivity index (χ3n) is 2.33. The summed E-state index contributed by atoms with van der Waals surface area (Å²) in [5, 5.41) is 0. The lowest BCUT2D eigenvalue weighted by Crippen LogP contribution is -2.40. The maximum absolute atomic E-state index is 10.9. The summed E-state index contributed by atoms with van der Waals surface area (Å²) in [5.41, 5.74) is -0.524. The lowest BCUT2D eigenvalue weighted by Gasteiger charge is -2.37. The van der Waals surface area contributed by atoms with E-state index in [1.807, 2.05) is 34.6 Å². The molecule has 2 nitrogen and oxygen atoms in total. The number of carbonyl (C=O) groups excluding carboxylic acids is 1. The predicted molar refractivity (Wildman–Crippen MR) is 49.8 cm³/mol. The fourth-order valence-corrected chi connectivity index (χ4v) is 0.446. The van der Waals surface area contributed by atoms with Crippen LogP contribution in [0.3, 0.4) is 0 Å². The normalized spacial score (nSPS) is 12.4. The van der Waals surface area contributed by atoms with Gasteiger partial charge >= 0.3 is 5.97 Å². The second-order valence-electron chi connectivity index (χ2n) is 4.39. The molecule has 12 heavy (non-hydrogen) atoms. The van der Waals surface area contributed by atoms with E-state index in [9.17, 15) is 4.79 Å². The molecule has 0 amide bonds. The summed E-state index contributed by atoms with van der Waals surface area (Å²) in [7, 11) is 0. The van der Waals surface area contributed by atoms with Gasteiger partial charge in [0.05, 0.1) is 0 Å². The zero-order chi connectivity index (χ0) is 9.99. The van der Waals surface area contributed by atoms with Crippen LogP contribution in [0.1, 0.15) is 34.6 Å². The van der Waals surface area contributed by atoms with Gasteiger partial charge in [-0.2, -0.15) is 0 Å². The largest absolute Gasteiger partial charge is 0.456 e. The van der Waals surface area contributed by atoms with Gasteiger partial charge in [0, 0.05) is 11.5 Å². The van der Waals surface area contributed by atoms with E-state index in [1.54, 1.807) is 0 Å². The predicted octanol–water partition coefficient (Wildman–Crippen LogP) is 2.54. The van der Waals surface area contributed by atoms with Crippen LogP contribution in [-0.2, 0) is 9.53 Å². The van der Waals surface area contributed by atoms with Crippen LogP contribution in [-0.4, -0.2) is 11.6 Å². The van der Waals surface area contributed by atoms with Gasteiger partial charge in [-0.05, 0) is 13.8 Å². The van der Waals surface area contributed by atoms with Crippen molar-refractivity contribution in [2.45, 2.75) is 40.2 Å². The average molecular weight is 170 g/mol. The van der Waals surface area contributed by atoms with Crippen molar-refractivity contribution in [2.24, 2.45) is 5.41 Å². The molecule has 2 heteroatoms. The van der Waals surface area contributed by atoms with Crippen molar-refractivity contribution < 1.29 is 9.53 Å². The highest BCUT2D eigenvalue weighted by Gasteiger charge is 2.35. The zero-order valence-electron chi connectivity index (χ0n) is 8.60. The maximum atomic E-state index is 10.9. The van der Waals surface area contributed by atoms with Gasteiger partial charge in [-0.1, -0.05) is 27.4 Å². The maximum Gasteiger partial charge on any atom is 0.330 e. The van der Waals surface area contributed by atoms with E-state index in [4.69, 9.17) is 4.74 Å².